The fourth-order valence-electron chi connectivity index (χ4n) is 2.38. The van der Waals surface area contributed by atoms with Gasteiger partial charge in [0.15, 0.2) is 0 Å². The molecule has 1 aliphatic rings. The van der Waals surface area contributed by atoms with Gasteiger partial charge in [0.2, 0.25) is 0 Å². The summed E-state index contributed by atoms with van der Waals surface area (Å²) in [7, 11) is 0. The summed E-state index contributed by atoms with van der Waals surface area (Å²) in [5.74, 6) is 0. The molecule has 0 aliphatic carbocycles. The Labute approximate surface area is 124 Å². The number of aliphatic hydroxyl groups excluding tert-OH is 1. The van der Waals surface area contributed by atoms with Crippen molar-refractivity contribution in [1.82, 2.24) is 4.90 Å². The van der Waals surface area contributed by atoms with E-state index in [9.17, 15) is 5.11 Å². The lowest BCUT2D eigenvalue weighted by Crippen LogP contribution is -2.45. The molecule has 1 saturated heterocycles. The van der Waals surface area contributed by atoms with Gasteiger partial charge in [-0.15, -0.1) is 0 Å². The van der Waals surface area contributed by atoms with E-state index in [2.05, 4.69) is 18.7 Å². The van der Waals surface area contributed by atoms with Crippen molar-refractivity contribution in [3.8, 4) is 0 Å². The fourth-order valence-corrected chi connectivity index (χ4v) is 2.38. The minimum Gasteiger partial charge on any atom is -0.389 e. The Morgan fingerprint density at radius 3 is 2.50 bits per heavy atom. The molecule has 0 spiro atoms. The van der Waals surface area contributed by atoms with Crippen molar-refractivity contribution >= 4 is 0 Å². The lowest BCUT2D eigenvalue weighted by Gasteiger charge is -2.34. The van der Waals surface area contributed by atoms with Gasteiger partial charge in [-0.25, -0.2) is 0 Å². The molecule has 0 saturated carbocycles. The van der Waals surface area contributed by atoms with Crippen molar-refractivity contribution in [3.05, 3.63) is 0 Å². The van der Waals surface area contributed by atoms with Crippen molar-refractivity contribution in [3.63, 3.8) is 0 Å². The van der Waals surface area contributed by atoms with E-state index in [-0.39, 0.29) is 5.60 Å². The Hall–Kier alpha value is -0.160. The Kier molecular flexibility index (Phi) is 7.45. The standard InChI is InChI=1S/C16H33NO3/c1-13(2)17(11-15-8-6-7-9-19-15)10-14(18)12-20-16(3,4)5/h13-15,18H,6-12H2,1-5H3. The number of hydrogen-bond donors (Lipinski definition) is 1. The summed E-state index contributed by atoms with van der Waals surface area (Å²) in [6.45, 7) is 13.2. The predicted octanol–water partition coefficient (Wildman–Crippen LogP) is 2.44. The molecule has 0 aromatic rings. The first-order valence-electron chi connectivity index (χ1n) is 7.95. The number of hydrogen-bond acceptors (Lipinski definition) is 4. The molecule has 4 nitrogen and oxygen atoms in total. The highest BCUT2D eigenvalue weighted by molar-refractivity contribution is 4.75. The van der Waals surface area contributed by atoms with Crippen LogP contribution in [-0.2, 0) is 9.47 Å². The second-order valence-electron chi connectivity index (χ2n) is 7.11. The second kappa shape index (κ2) is 8.32. The van der Waals surface area contributed by atoms with Gasteiger partial charge in [-0.3, -0.25) is 4.90 Å². The van der Waals surface area contributed by atoms with Crippen molar-refractivity contribution < 1.29 is 14.6 Å². The molecule has 1 rings (SSSR count). The second-order valence-corrected chi connectivity index (χ2v) is 7.11. The molecule has 20 heavy (non-hydrogen) atoms. The van der Waals surface area contributed by atoms with E-state index >= 15 is 0 Å². The van der Waals surface area contributed by atoms with Gasteiger partial charge >= 0.3 is 0 Å². The van der Waals surface area contributed by atoms with E-state index in [1.807, 2.05) is 20.8 Å². The van der Waals surface area contributed by atoms with E-state index in [1.54, 1.807) is 0 Å². The summed E-state index contributed by atoms with van der Waals surface area (Å²) in [5, 5.41) is 10.2. The van der Waals surface area contributed by atoms with Crippen LogP contribution in [0.5, 0.6) is 0 Å². The molecule has 2 unspecified atom stereocenters. The summed E-state index contributed by atoms with van der Waals surface area (Å²) >= 11 is 0. The van der Waals surface area contributed by atoms with Crippen molar-refractivity contribution in [2.75, 3.05) is 26.3 Å². The maximum Gasteiger partial charge on any atom is 0.0900 e. The summed E-state index contributed by atoms with van der Waals surface area (Å²) in [5.41, 5.74) is -0.198. The zero-order valence-corrected chi connectivity index (χ0v) is 13.9. The molecule has 2 atom stereocenters. The first-order valence-corrected chi connectivity index (χ1v) is 7.95. The van der Waals surface area contributed by atoms with E-state index in [1.165, 1.54) is 12.8 Å². The fraction of sp³-hybridized carbons (Fsp3) is 1.00. The van der Waals surface area contributed by atoms with Crippen LogP contribution in [0.2, 0.25) is 0 Å². The van der Waals surface area contributed by atoms with Gasteiger partial charge in [0.1, 0.15) is 0 Å². The molecule has 0 amide bonds. The minimum absolute atomic E-state index is 0.198. The average Bonchev–Trinajstić information content (AvgIpc) is 2.36. The Morgan fingerprint density at radius 1 is 1.30 bits per heavy atom. The first-order chi connectivity index (χ1) is 9.28. The zero-order chi connectivity index (χ0) is 15.2. The SMILES string of the molecule is CC(C)N(CC(O)COC(C)(C)C)CC1CCCCO1. The molecule has 4 heteroatoms. The van der Waals surface area contributed by atoms with Crippen molar-refractivity contribution in [2.45, 2.75) is 77.7 Å². The lowest BCUT2D eigenvalue weighted by atomic mass is 10.1. The largest absolute Gasteiger partial charge is 0.389 e. The van der Waals surface area contributed by atoms with E-state index in [4.69, 9.17) is 9.47 Å². The molecule has 1 heterocycles. The number of aliphatic hydroxyl groups is 1. The van der Waals surface area contributed by atoms with Crippen LogP contribution in [0.3, 0.4) is 0 Å². The number of ether oxygens (including phenoxy) is 2. The Bertz CT molecular complexity index is 257. The molecule has 120 valence electrons. The monoisotopic (exact) mass is 287 g/mol. The first kappa shape index (κ1) is 17.9. The number of rotatable bonds is 7. The molecular weight excluding hydrogens is 254 g/mol. The third-order valence-corrected chi connectivity index (χ3v) is 3.60. The van der Waals surface area contributed by atoms with E-state index in [0.717, 1.165) is 19.6 Å². The highest BCUT2D eigenvalue weighted by atomic mass is 16.5. The van der Waals surface area contributed by atoms with Gasteiger partial charge < -0.3 is 14.6 Å². The number of nitrogens with zero attached hydrogens (tertiary/aromatic N) is 1. The molecule has 0 aromatic carbocycles. The third kappa shape index (κ3) is 7.58. The van der Waals surface area contributed by atoms with E-state index in [0.29, 0.717) is 25.3 Å². The molecule has 1 aliphatic heterocycles. The van der Waals surface area contributed by atoms with Gasteiger partial charge in [-0.05, 0) is 53.9 Å². The Morgan fingerprint density at radius 2 is 2.00 bits per heavy atom. The van der Waals surface area contributed by atoms with Crippen LogP contribution in [0.4, 0.5) is 0 Å². The maximum atomic E-state index is 10.2. The zero-order valence-electron chi connectivity index (χ0n) is 13.9. The van der Waals surface area contributed by atoms with Gasteiger partial charge in [-0.1, -0.05) is 0 Å². The normalized spacial score (nSPS) is 22.5. The highest BCUT2D eigenvalue weighted by Crippen LogP contribution is 2.16. The third-order valence-electron chi connectivity index (χ3n) is 3.60. The highest BCUT2D eigenvalue weighted by Gasteiger charge is 2.22. The van der Waals surface area contributed by atoms with Gasteiger partial charge in [0.25, 0.3) is 0 Å². The van der Waals surface area contributed by atoms with Crippen molar-refractivity contribution in [1.29, 1.82) is 0 Å². The van der Waals surface area contributed by atoms with Gasteiger partial charge in [-0.2, -0.15) is 0 Å². The predicted molar refractivity (Wildman–Crippen MR) is 82.0 cm³/mol. The van der Waals surface area contributed by atoms with Crippen LogP contribution >= 0.6 is 0 Å². The van der Waals surface area contributed by atoms with Gasteiger partial charge in [0.05, 0.1) is 24.4 Å². The van der Waals surface area contributed by atoms with Crippen LogP contribution in [0, 0.1) is 0 Å². The molecule has 0 aromatic heterocycles. The van der Waals surface area contributed by atoms with Crippen LogP contribution < -0.4 is 0 Å². The molecule has 1 fully saturated rings. The minimum atomic E-state index is -0.444. The Balaban J connectivity index is 2.37. The molecule has 0 bridgehead atoms. The van der Waals surface area contributed by atoms with Crippen molar-refractivity contribution in [2.24, 2.45) is 0 Å². The van der Waals surface area contributed by atoms with Crippen LogP contribution in [0.25, 0.3) is 0 Å². The molecular formula is C16H33NO3. The maximum absolute atomic E-state index is 10.2. The summed E-state index contributed by atoms with van der Waals surface area (Å²) in [6, 6.07) is 0.407. The van der Waals surface area contributed by atoms with Crippen LogP contribution in [-0.4, -0.2) is 60.2 Å². The lowest BCUT2D eigenvalue weighted by molar-refractivity contribution is -0.0661. The summed E-state index contributed by atoms with van der Waals surface area (Å²) < 4.78 is 11.5. The van der Waals surface area contributed by atoms with E-state index < -0.39 is 6.10 Å². The van der Waals surface area contributed by atoms with Gasteiger partial charge in [0, 0.05) is 25.7 Å². The molecule has 0 radical (unpaired) electrons. The van der Waals surface area contributed by atoms with Crippen LogP contribution in [0.1, 0.15) is 53.9 Å². The summed E-state index contributed by atoms with van der Waals surface area (Å²) in [6.07, 6.45) is 3.45. The quantitative estimate of drug-likeness (QED) is 0.781. The summed E-state index contributed by atoms with van der Waals surface area (Å²) in [4.78, 5) is 2.30. The molecule has 1 N–H and O–H groups in total. The smallest absolute Gasteiger partial charge is 0.0900 e. The average molecular weight is 287 g/mol. The topological polar surface area (TPSA) is 41.9 Å². The van der Waals surface area contributed by atoms with Crippen LogP contribution in [0.15, 0.2) is 0 Å².